The molecular weight excluding hydrogens is 442 g/mol. The van der Waals surface area contributed by atoms with E-state index in [4.69, 9.17) is 4.74 Å². The number of methoxy groups -OCH3 is 1. The summed E-state index contributed by atoms with van der Waals surface area (Å²) in [5.74, 6) is -0.571. The molecule has 0 heterocycles. The maximum Gasteiger partial charge on any atom is 0.508 e. The number of aryl methyl sites for hydroxylation is 2. The highest BCUT2D eigenvalue weighted by atomic mass is 32.2. The largest absolute Gasteiger partial charge is 0.508 e. The third kappa shape index (κ3) is 6.06. The van der Waals surface area contributed by atoms with E-state index in [0.717, 1.165) is 18.2 Å². The molecule has 0 aromatic heterocycles. The molecule has 0 saturated heterocycles. The first-order chi connectivity index (χ1) is 15.7. The number of nitrogens with one attached hydrogen (secondary N) is 1. The summed E-state index contributed by atoms with van der Waals surface area (Å²) in [5, 5.41) is 0. The van der Waals surface area contributed by atoms with Crippen LogP contribution in [-0.2, 0) is 19.5 Å². The van der Waals surface area contributed by atoms with Crippen LogP contribution in [0.15, 0.2) is 83.8 Å². The second-order valence-electron chi connectivity index (χ2n) is 7.55. The fraction of sp³-hybridized carbons (Fsp3) is 0.200. The van der Waals surface area contributed by atoms with Crippen molar-refractivity contribution in [1.29, 1.82) is 0 Å². The van der Waals surface area contributed by atoms with Gasteiger partial charge in [0.2, 0.25) is 15.8 Å². The minimum Gasteiger partial charge on any atom is -0.438 e. The Morgan fingerprint density at radius 1 is 0.818 bits per heavy atom. The zero-order valence-corrected chi connectivity index (χ0v) is 19.3. The third-order valence-corrected chi connectivity index (χ3v) is 6.52. The van der Waals surface area contributed by atoms with E-state index in [9.17, 15) is 18.0 Å². The zero-order valence-electron chi connectivity index (χ0n) is 18.5. The van der Waals surface area contributed by atoms with Crippen LogP contribution in [0.2, 0.25) is 0 Å². The number of benzene rings is 3. The van der Waals surface area contributed by atoms with Crippen molar-refractivity contribution in [2.45, 2.75) is 30.9 Å². The van der Waals surface area contributed by atoms with E-state index in [0.29, 0.717) is 5.56 Å². The normalized spacial score (nSPS) is 13.1. The molecule has 0 spiro atoms. The van der Waals surface area contributed by atoms with Crippen LogP contribution < -0.4 is 4.72 Å². The molecule has 0 amide bonds. The van der Waals surface area contributed by atoms with Crippen molar-refractivity contribution in [3.8, 4) is 0 Å². The van der Waals surface area contributed by atoms with Gasteiger partial charge in [0.1, 0.15) is 0 Å². The predicted octanol–water partition coefficient (Wildman–Crippen LogP) is 4.36. The maximum absolute atomic E-state index is 13.4. The van der Waals surface area contributed by atoms with Gasteiger partial charge < -0.3 is 9.47 Å². The maximum atomic E-state index is 13.4. The number of sulfonamides is 1. The number of carbonyl (C=O) groups excluding carboxylic acids is 2. The average Bonchev–Trinajstić information content (AvgIpc) is 2.82. The molecule has 0 aliphatic carbocycles. The van der Waals surface area contributed by atoms with Crippen molar-refractivity contribution < 1.29 is 27.5 Å². The fourth-order valence-corrected chi connectivity index (χ4v) is 4.45. The molecule has 7 nitrogen and oxygen atoms in total. The van der Waals surface area contributed by atoms with Crippen molar-refractivity contribution in [2.75, 3.05) is 7.11 Å². The number of ether oxygens (including phenoxy) is 2. The molecular formula is C25H25NO6S. The van der Waals surface area contributed by atoms with Crippen LogP contribution in [-0.4, -0.2) is 33.6 Å². The number of carbonyl (C=O) groups is 2. The van der Waals surface area contributed by atoms with Gasteiger partial charge in [-0.15, -0.1) is 0 Å². The molecule has 0 aliphatic heterocycles. The van der Waals surface area contributed by atoms with Crippen molar-refractivity contribution in [3.05, 3.63) is 101 Å². The number of rotatable bonds is 8. The number of ketones is 1. The van der Waals surface area contributed by atoms with E-state index < -0.39 is 34.1 Å². The summed E-state index contributed by atoms with van der Waals surface area (Å²) in [5.41, 5.74) is 2.56. The van der Waals surface area contributed by atoms with Gasteiger partial charge in [0.25, 0.3) is 0 Å². The second-order valence-corrected chi connectivity index (χ2v) is 9.26. The Morgan fingerprint density at radius 3 is 1.91 bits per heavy atom. The van der Waals surface area contributed by atoms with Gasteiger partial charge in [-0.1, -0.05) is 77.9 Å². The first-order valence-corrected chi connectivity index (χ1v) is 11.7. The third-order valence-electron chi connectivity index (χ3n) is 5.06. The fourth-order valence-electron chi connectivity index (χ4n) is 3.22. The monoisotopic (exact) mass is 467 g/mol. The first-order valence-electron chi connectivity index (χ1n) is 10.2. The standard InChI is InChI=1S/C25H25NO6S/c1-17-9-13-19(14-10-17)22(26-33(29,30)21-15-11-18(2)12-16-21)24(32-25(28)31-3)23(27)20-7-5-4-6-8-20/h4-16,22,24,26H,1-3H3/t22-,24-/m0/s1. The van der Waals surface area contributed by atoms with Crippen LogP contribution in [0.1, 0.15) is 33.1 Å². The summed E-state index contributed by atoms with van der Waals surface area (Å²) in [6.07, 6.45) is -2.61. The molecule has 3 rings (SSSR count). The molecule has 0 bridgehead atoms. The molecule has 1 N–H and O–H groups in total. The van der Waals surface area contributed by atoms with Gasteiger partial charge in [0, 0.05) is 5.56 Å². The topological polar surface area (TPSA) is 98.8 Å². The number of hydrogen-bond acceptors (Lipinski definition) is 6. The summed E-state index contributed by atoms with van der Waals surface area (Å²) < 4.78 is 38.9. The van der Waals surface area contributed by atoms with Crippen molar-refractivity contribution in [3.63, 3.8) is 0 Å². The second kappa shape index (κ2) is 10.4. The highest BCUT2D eigenvalue weighted by Gasteiger charge is 2.37. The molecule has 0 saturated carbocycles. The van der Waals surface area contributed by atoms with E-state index in [1.54, 1.807) is 66.7 Å². The van der Waals surface area contributed by atoms with Gasteiger partial charge in [0.15, 0.2) is 6.10 Å². The minimum atomic E-state index is -4.07. The van der Waals surface area contributed by atoms with E-state index in [1.807, 2.05) is 13.8 Å². The predicted molar refractivity (Wildman–Crippen MR) is 123 cm³/mol. The van der Waals surface area contributed by atoms with Crippen molar-refractivity contribution >= 4 is 22.0 Å². The Bertz CT molecular complexity index is 1210. The smallest absolute Gasteiger partial charge is 0.438 e. The molecule has 0 unspecified atom stereocenters. The van der Waals surface area contributed by atoms with E-state index >= 15 is 0 Å². The van der Waals surface area contributed by atoms with E-state index in [-0.39, 0.29) is 10.5 Å². The van der Waals surface area contributed by atoms with Crippen LogP contribution in [0.5, 0.6) is 0 Å². The quantitative estimate of drug-likeness (QED) is 0.390. The SMILES string of the molecule is COC(=O)O[C@H](C(=O)c1ccccc1)[C@@H](NS(=O)(=O)c1ccc(C)cc1)c1ccc(C)cc1. The van der Waals surface area contributed by atoms with Gasteiger partial charge in [-0.25, -0.2) is 13.2 Å². The lowest BCUT2D eigenvalue weighted by Gasteiger charge is -2.27. The molecule has 33 heavy (non-hydrogen) atoms. The van der Waals surface area contributed by atoms with Crippen molar-refractivity contribution in [2.24, 2.45) is 0 Å². The summed E-state index contributed by atoms with van der Waals surface area (Å²) in [6, 6.07) is 20.2. The van der Waals surface area contributed by atoms with E-state index in [2.05, 4.69) is 9.46 Å². The minimum absolute atomic E-state index is 0.0224. The van der Waals surface area contributed by atoms with Crippen LogP contribution in [0, 0.1) is 13.8 Å². The lowest BCUT2D eigenvalue weighted by molar-refractivity contribution is 0.0237. The molecule has 2 atom stereocenters. The molecule has 3 aromatic carbocycles. The van der Waals surface area contributed by atoms with Gasteiger partial charge in [0.05, 0.1) is 18.0 Å². The molecule has 172 valence electrons. The highest BCUT2D eigenvalue weighted by Crippen LogP contribution is 2.26. The lowest BCUT2D eigenvalue weighted by Crippen LogP contribution is -2.43. The Morgan fingerprint density at radius 2 is 1.36 bits per heavy atom. The van der Waals surface area contributed by atoms with Gasteiger partial charge in [-0.05, 0) is 31.5 Å². The van der Waals surface area contributed by atoms with Crippen molar-refractivity contribution in [1.82, 2.24) is 4.72 Å². The Labute approximate surface area is 193 Å². The first kappa shape index (κ1) is 24.2. The average molecular weight is 468 g/mol. The van der Waals surface area contributed by atoms with Crippen LogP contribution in [0.25, 0.3) is 0 Å². The van der Waals surface area contributed by atoms with Gasteiger partial charge >= 0.3 is 6.16 Å². The Kier molecular flexibility index (Phi) is 7.63. The molecule has 0 aliphatic rings. The molecule has 0 fully saturated rings. The van der Waals surface area contributed by atoms with Crippen LogP contribution >= 0.6 is 0 Å². The zero-order chi connectivity index (χ0) is 24.0. The van der Waals surface area contributed by atoms with E-state index in [1.165, 1.54) is 12.1 Å². The summed E-state index contributed by atoms with van der Waals surface area (Å²) >= 11 is 0. The number of hydrogen-bond donors (Lipinski definition) is 1. The molecule has 3 aromatic rings. The summed E-state index contributed by atoms with van der Waals surface area (Å²) in [6.45, 7) is 3.73. The summed E-state index contributed by atoms with van der Waals surface area (Å²) in [4.78, 5) is 25.4. The molecule has 0 radical (unpaired) electrons. The van der Waals surface area contributed by atoms with Gasteiger partial charge in [-0.2, -0.15) is 4.72 Å². The Balaban J connectivity index is 2.09. The Hall–Kier alpha value is -3.49. The van der Waals surface area contributed by atoms with Crippen LogP contribution in [0.3, 0.4) is 0 Å². The highest BCUT2D eigenvalue weighted by molar-refractivity contribution is 7.89. The number of Topliss-reactive ketones (excluding diaryl/α,β-unsaturated/α-hetero) is 1. The van der Waals surface area contributed by atoms with Gasteiger partial charge in [-0.3, -0.25) is 4.79 Å². The molecule has 8 heteroatoms. The lowest BCUT2D eigenvalue weighted by atomic mass is 9.95. The summed E-state index contributed by atoms with van der Waals surface area (Å²) in [7, 11) is -2.96. The van der Waals surface area contributed by atoms with Crippen LogP contribution in [0.4, 0.5) is 4.79 Å².